The Hall–Kier alpha value is -1.11. The molecule has 2 heterocycles. The lowest BCUT2D eigenvalue weighted by Gasteiger charge is -2.03. The van der Waals surface area contributed by atoms with Crippen LogP contribution in [0.2, 0.25) is 0 Å². The van der Waals surface area contributed by atoms with E-state index in [2.05, 4.69) is 0 Å². The minimum atomic E-state index is -3.83. The molecule has 17 heavy (non-hydrogen) atoms. The molecule has 4 nitrogen and oxygen atoms in total. The molecular weight excluding hydrogens is 282 g/mol. The SMILES string of the molecule is Cn1c(C(=O)c2cccs2)ccc1S(=O)(=O)Cl. The summed E-state index contributed by atoms with van der Waals surface area (Å²) in [4.78, 5) is 12.6. The average molecular weight is 290 g/mol. The summed E-state index contributed by atoms with van der Waals surface area (Å²) in [7, 11) is 2.92. The van der Waals surface area contributed by atoms with E-state index in [1.807, 2.05) is 0 Å². The molecule has 0 bridgehead atoms. The lowest BCUT2D eigenvalue weighted by Crippen LogP contribution is -2.09. The second-order valence-electron chi connectivity index (χ2n) is 3.36. The number of carbonyl (C=O) groups excluding carboxylic acids is 1. The van der Waals surface area contributed by atoms with Gasteiger partial charge in [-0.2, -0.15) is 0 Å². The van der Waals surface area contributed by atoms with Crippen LogP contribution in [0.15, 0.2) is 34.7 Å². The van der Waals surface area contributed by atoms with Crippen molar-refractivity contribution in [3.05, 3.63) is 40.2 Å². The van der Waals surface area contributed by atoms with E-state index in [0.717, 1.165) is 0 Å². The van der Waals surface area contributed by atoms with Crippen molar-refractivity contribution in [2.75, 3.05) is 0 Å². The van der Waals surface area contributed by atoms with Gasteiger partial charge in [-0.3, -0.25) is 4.79 Å². The van der Waals surface area contributed by atoms with Crippen LogP contribution in [0, 0.1) is 0 Å². The van der Waals surface area contributed by atoms with E-state index in [0.29, 0.717) is 10.6 Å². The second-order valence-corrected chi connectivity index (χ2v) is 6.82. The minimum absolute atomic E-state index is 0.0842. The van der Waals surface area contributed by atoms with Gasteiger partial charge in [0, 0.05) is 17.7 Å². The Morgan fingerprint density at radius 3 is 2.53 bits per heavy atom. The molecule has 0 aliphatic heterocycles. The number of carbonyl (C=O) groups is 1. The van der Waals surface area contributed by atoms with Gasteiger partial charge in [0.25, 0.3) is 9.05 Å². The van der Waals surface area contributed by atoms with Crippen molar-refractivity contribution in [3.63, 3.8) is 0 Å². The normalized spacial score (nSPS) is 11.6. The first-order valence-corrected chi connectivity index (χ1v) is 7.79. The third-order valence-electron chi connectivity index (χ3n) is 2.30. The zero-order valence-corrected chi connectivity index (χ0v) is 11.1. The van der Waals surface area contributed by atoms with Crippen LogP contribution in [-0.4, -0.2) is 18.8 Å². The fraction of sp³-hybridized carbons (Fsp3) is 0.100. The minimum Gasteiger partial charge on any atom is -0.331 e. The molecule has 2 aromatic rings. The van der Waals surface area contributed by atoms with Crippen LogP contribution in [-0.2, 0) is 16.1 Å². The highest BCUT2D eigenvalue weighted by molar-refractivity contribution is 8.13. The van der Waals surface area contributed by atoms with Crippen LogP contribution in [0.4, 0.5) is 0 Å². The Kier molecular flexibility index (Phi) is 3.11. The van der Waals surface area contributed by atoms with E-state index in [9.17, 15) is 13.2 Å². The maximum absolute atomic E-state index is 12.0. The van der Waals surface area contributed by atoms with Gasteiger partial charge in [0.2, 0.25) is 5.78 Å². The Labute approximate surface area is 107 Å². The van der Waals surface area contributed by atoms with E-state index in [-0.39, 0.29) is 10.8 Å². The van der Waals surface area contributed by atoms with Crippen LogP contribution in [0.3, 0.4) is 0 Å². The molecule has 0 saturated carbocycles. The van der Waals surface area contributed by atoms with Crippen LogP contribution in [0.25, 0.3) is 0 Å². The molecule has 0 aliphatic rings. The Bertz CT molecular complexity index is 656. The smallest absolute Gasteiger partial charge is 0.276 e. The molecule has 7 heteroatoms. The first-order valence-electron chi connectivity index (χ1n) is 4.60. The summed E-state index contributed by atoms with van der Waals surface area (Å²) in [6.07, 6.45) is 0. The standard InChI is InChI=1S/C10H8ClNO3S2/c1-12-7(4-5-9(12)17(11,14)15)10(13)8-3-2-6-16-8/h2-6H,1H3. The van der Waals surface area contributed by atoms with Crippen molar-refractivity contribution in [2.45, 2.75) is 5.03 Å². The van der Waals surface area contributed by atoms with Crippen LogP contribution >= 0.6 is 22.0 Å². The zero-order valence-electron chi connectivity index (χ0n) is 8.75. The van der Waals surface area contributed by atoms with Gasteiger partial charge in [-0.1, -0.05) is 6.07 Å². The van der Waals surface area contributed by atoms with Crippen molar-refractivity contribution in [3.8, 4) is 0 Å². The van der Waals surface area contributed by atoms with Crippen molar-refractivity contribution < 1.29 is 13.2 Å². The summed E-state index contributed by atoms with van der Waals surface area (Å²) < 4.78 is 23.7. The molecule has 0 aromatic carbocycles. The molecular formula is C10H8ClNO3S2. The number of hydrogen-bond acceptors (Lipinski definition) is 4. The van der Waals surface area contributed by atoms with Gasteiger partial charge < -0.3 is 4.57 Å². The van der Waals surface area contributed by atoms with E-state index >= 15 is 0 Å². The molecule has 0 radical (unpaired) electrons. The topological polar surface area (TPSA) is 56.1 Å². The molecule has 0 N–H and O–H groups in total. The molecule has 0 atom stereocenters. The summed E-state index contributed by atoms with van der Waals surface area (Å²) in [5.74, 6) is -0.214. The van der Waals surface area contributed by atoms with Gasteiger partial charge in [-0.25, -0.2) is 8.42 Å². The molecule has 0 amide bonds. The summed E-state index contributed by atoms with van der Waals surface area (Å²) in [6.45, 7) is 0. The van der Waals surface area contributed by atoms with Gasteiger partial charge in [0.1, 0.15) is 0 Å². The number of nitrogens with zero attached hydrogens (tertiary/aromatic N) is 1. The first-order chi connectivity index (χ1) is 7.91. The molecule has 0 spiro atoms. The maximum atomic E-state index is 12.0. The first kappa shape index (κ1) is 12.3. The molecule has 0 aliphatic carbocycles. The highest BCUT2D eigenvalue weighted by Gasteiger charge is 2.21. The summed E-state index contributed by atoms with van der Waals surface area (Å²) >= 11 is 1.31. The van der Waals surface area contributed by atoms with E-state index in [4.69, 9.17) is 10.7 Å². The number of halogens is 1. The highest BCUT2D eigenvalue weighted by Crippen LogP contribution is 2.21. The van der Waals surface area contributed by atoms with Gasteiger partial charge in [-0.15, -0.1) is 11.3 Å². The second kappa shape index (κ2) is 4.29. The van der Waals surface area contributed by atoms with Crippen LogP contribution in [0.1, 0.15) is 15.4 Å². The van der Waals surface area contributed by atoms with Gasteiger partial charge in [0.05, 0.1) is 10.6 Å². The van der Waals surface area contributed by atoms with E-state index in [1.54, 1.807) is 17.5 Å². The third-order valence-corrected chi connectivity index (χ3v) is 4.56. The number of aromatic nitrogens is 1. The fourth-order valence-electron chi connectivity index (χ4n) is 1.50. The van der Waals surface area contributed by atoms with Crippen molar-refractivity contribution >= 4 is 36.9 Å². The van der Waals surface area contributed by atoms with Crippen LogP contribution in [0.5, 0.6) is 0 Å². The number of ketones is 1. The number of thiophene rings is 1. The lowest BCUT2D eigenvalue weighted by atomic mass is 10.2. The molecule has 0 fully saturated rings. The largest absolute Gasteiger partial charge is 0.331 e. The van der Waals surface area contributed by atoms with Crippen molar-refractivity contribution in [1.82, 2.24) is 4.57 Å². The summed E-state index contributed by atoms with van der Waals surface area (Å²) in [6, 6.07) is 6.23. The summed E-state index contributed by atoms with van der Waals surface area (Å²) in [5.41, 5.74) is 0.298. The molecule has 2 aromatic heterocycles. The molecule has 0 unspecified atom stereocenters. The van der Waals surface area contributed by atoms with Crippen molar-refractivity contribution in [2.24, 2.45) is 7.05 Å². The molecule has 90 valence electrons. The van der Waals surface area contributed by atoms with Gasteiger partial charge >= 0.3 is 0 Å². The lowest BCUT2D eigenvalue weighted by molar-refractivity contribution is 0.103. The monoisotopic (exact) mass is 289 g/mol. The van der Waals surface area contributed by atoms with Gasteiger partial charge in [0.15, 0.2) is 5.03 Å². The third kappa shape index (κ3) is 2.29. The molecule has 0 saturated heterocycles. The average Bonchev–Trinajstić information content (AvgIpc) is 2.83. The van der Waals surface area contributed by atoms with E-state index < -0.39 is 9.05 Å². The fourth-order valence-corrected chi connectivity index (χ4v) is 3.29. The van der Waals surface area contributed by atoms with Crippen molar-refractivity contribution in [1.29, 1.82) is 0 Å². The predicted octanol–water partition coefficient (Wildman–Crippen LogP) is 2.25. The number of rotatable bonds is 3. The zero-order chi connectivity index (χ0) is 12.6. The summed E-state index contributed by atoms with van der Waals surface area (Å²) in [5, 5.41) is 1.70. The Morgan fingerprint density at radius 1 is 1.35 bits per heavy atom. The maximum Gasteiger partial charge on any atom is 0.276 e. The quantitative estimate of drug-likeness (QED) is 0.643. The highest BCUT2D eigenvalue weighted by atomic mass is 35.7. The Balaban J connectivity index is 2.49. The van der Waals surface area contributed by atoms with Crippen LogP contribution < -0.4 is 0 Å². The van der Waals surface area contributed by atoms with E-state index in [1.165, 1.54) is 35.1 Å². The predicted molar refractivity (Wildman–Crippen MR) is 66.2 cm³/mol. The molecule has 2 rings (SSSR count). The van der Waals surface area contributed by atoms with Gasteiger partial charge in [-0.05, 0) is 23.6 Å². The number of hydrogen-bond donors (Lipinski definition) is 0. The Morgan fingerprint density at radius 2 is 2.06 bits per heavy atom.